The second-order valence-corrected chi connectivity index (χ2v) is 9.81. The minimum Gasteiger partial charge on any atom is -0.494 e. The van der Waals surface area contributed by atoms with E-state index in [-0.39, 0.29) is 11.3 Å². The normalized spacial score (nSPS) is 20.9. The number of hydrogen-bond acceptors (Lipinski definition) is 4. The van der Waals surface area contributed by atoms with Crippen molar-refractivity contribution in [2.75, 3.05) is 18.5 Å². The molecule has 0 spiro atoms. The third-order valence-electron chi connectivity index (χ3n) is 4.99. The number of unbranched alkanes of at least 4 members (excludes halogenated alkanes) is 1. The van der Waals surface area contributed by atoms with Crippen LogP contribution in [-0.4, -0.2) is 32.9 Å². The summed E-state index contributed by atoms with van der Waals surface area (Å²) in [5.41, 5.74) is 1.08. The highest BCUT2D eigenvalue weighted by molar-refractivity contribution is 7.90. The van der Waals surface area contributed by atoms with Crippen LogP contribution in [0.25, 0.3) is 0 Å². The summed E-state index contributed by atoms with van der Waals surface area (Å²) in [4.78, 5) is 0. The number of sulfonamides is 1. The SMILES string of the molecule is CCCCOc1cccc(NCC2CCC(NS(=O)(=O)C(C)C)CC2)c1. The second kappa shape index (κ2) is 10.2. The predicted molar refractivity (Wildman–Crippen MR) is 108 cm³/mol. The van der Waals surface area contributed by atoms with E-state index in [0.717, 1.165) is 63.1 Å². The van der Waals surface area contributed by atoms with Gasteiger partial charge in [-0.05, 0) is 64.0 Å². The molecule has 0 unspecified atom stereocenters. The fourth-order valence-electron chi connectivity index (χ4n) is 3.15. The first-order valence-electron chi connectivity index (χ1n) is 9.88. The smallest absolute Gasteiger partial charge is 0.214 e. The van der Waals surface area contributed by atoms with Crippen molar-refractivity contribution in [2.24, 2.45) is 5.92 Å². The molecule has 5 nitrogen and oxygen atoms in total. The minimum absolute atomic E-state index is 0.0916. The molecule has 1 saturated carbocycles. The Balaban J connectivity index is 1.74. The van der Waals surface area contributed by atoms with Gasteiger partial charge in [0.05, 0.1) is 11.9 Å². The molecule has 0 radical (unpaired) electrons. The molecule has 0 amide bonds. The van der Waals surface area contributed by atoms with E-state index in [2.05, 4.69) is 29.1 Å². The molecule has 0 aliphatic heterocycles. The third-order valence-corrected chi connectivity index (χ3v) is 6.90. The van der Waals surface area contributed by atoms with E-state index in [4.69, 9.17) is 4.74 Å². The molecule has 1 aliphatic rings. The second-order valence-electron chi connectivity index (χ2n) is 7.54. The van der Waals surface area contributed by atoms with Crippen LogP contribution in [0.3, 0.4) is 0 Å². The average molecular weight is 383 g/mol. The number of ether oxygens (including phenoxy) is 1. The van der Waals surface area contributed by atoms with Crippen molar-refractivity contribution in [3.05, 3.63) is 24.3 Å². The number of rotatable bonds is 10. The van der Waals surface area contributed by atoms with Crippen LogP contribution in [0.5, 0.6) is 5.75 Å². The van der Waals surface area contributed by atoms with Gasteiger partial charge in [0, 0.05) is 24.3 Å². The number of nitrogens with one attached hydrogen (secondary N) is 2. The van der Waals surface area contributed by atoms with Gasteiger partial charge in [0.2, 0.25) is 10.0 Å². The fraction of sp³-hybridized carbons (Fsp3) is 0.700. The minimum atomic E-state index is -3.16. The molecule has 2 N–H and O–H groups in total. The quantitative estimate of drug-likeness (QED) is 0.596. The van der Waals surface area contributed by atoms with Gasteiger partial charge in [0.15, 0.2) is 0 Å². The van der Waals surface area contributed by atoms with Gasteiger partial charge >= 0.3 is 0 Å². The molecule has 2 rings (SSSR count). The summed E-state index contributed by atoms with van der Waals surface area (Å²) < 4.78 is 32.6. The molecule has 0 saturated heterocycles. The van der Waals surface area contributed by atoms with E-state index in [1.807, 2.05) is 12.1 Å². The molecule has 1 fully saturated rings. The Morgan fingerprint density at radius 3 is 2.58 bits per heavy atom. The Morgan fingerprint density at radius 1 is 1.19 bits per heavy atom. The van der Waals surface area contributed by atoms with Gasteiger partial charge in [-0.3, -0.25) is 0 Å². The van der Waals surface area contributed by atoms with Crippen molar-refractivity contribution in [1.82, 2.24) is 4.72 Å². The zero-order valence-electron chi connectivity index (χ0n) is 16.3. The summed E-state index contributed by atoms with van der Waals surface area (Å²) in [6.45, 7) is 7.28. The van der Waals surface area contributed by atoms with Crippen LogP contribution in [0.1, 0.15) is 59.3 Å². The highest BCUT2D eigenvalue weighted by Crippen LogP contribution is 2.26. The lowest BCUT2D eigenvalue weighted by Gasteiger charge is -2.29. The first-order chi connectivity index (χ1) is 12.4. The Hall–Kier alpha value is -1.27. The van der Waals surface area contributed by atoms with Crippen LogP contribution in [0, 0.1) is 5.92 Å². The molecular weight excluding hydrogens is 348 g/mol. The van der Waals surface area contributed by atoms with Gasteiger partial charge in [-0.25, -0.2) is 13.1 Å². The maximum absolute atomic E-state index is 12.0. The first-order valence-corrected chi connectivity index (χ1v) is 11.4. The third kappa shape index (κ3) is 6.80. The number of benzene rings is 1. The zero-order chi connectivity index (χ0) is 19.0. The summed E-state index contributed by atoms with van der Waals surface area (Å²) in [5.74, 6) is 1.50. The van der Waals surface area contributed by atoms with Gasteiger partial charge in [-0.2, -0.15) is 0 Å². The van der Waals surface area contributed by atoms with E-state index in [9.17, 15) is 8.42 Å². The molecule has 6 heteroatoms. The lowest BCUT2D eigenvalue weighted by atomic mass is 9.86. The van der Waals surface area contributed by atoms with E-state index >= 15 is 0 Å². The summed E-state index contributed by atoms with van der Waals surface area (Å²) in [5, 5.41) is 3.14. The van der Waals surface area contributed by atoms with E-state index in [1.165, 1.54) is 0 Å². The van der Waals surface area contributed by atoms with Crippen molar-refractivity contribution in [2.45, 2.75) is 70.6 Å². The summed E-state index contributed by atoms with van der Waals surface area (Å²) >= 11 is 0. The highest BCUT2D eigenvalue weighted by Gasteiger charge is 2.26. The van der Waals surface area contributed by atoms with Crippen molar-refractivity contribution in [3.8, 4) is 5.75 Å². The summed E-state index contributed by atoms with van der Waals surface area (Å²) in [6, 6.07) is 8.22. The predicted octanol–water partition coefficient (Wildman–Crippen LogP) is 4.16. The van der Waals surface area contributed by atoms with Crippen molar-refractivity contribution in [1.29, 1.82) is 0 Å². The zero-order valence-corrected chi connectivity index (χ0v) is 17.1. The van der Waals surface area contributed by atoms with E-state index in [0.29, 0.717) is 5.92 Å². The van der Waals surface area contributed by atoms with Gasteiger partial charge < -0.3 is 10.1 Å². The molecule has 1 aromatic carbocycles. The van der Waals surface area contributed by atoms with Crippen LogP contribution in [0.2, 0.25) is 0 Å². The monoisotopic (exact) mass is 382 g/mol. The number of anilines is 1. The molecule has 0 bridgehead atoms. The highest BCUT2D eigenvalue weighted by atomic mass is 32.2. The van der Waals surface area contributed by atoms with Gasteiger partial charge in [0.25, 0.3) is 0 Å². The van der Waals surface area contributed by atoms with Gasteiger partial charge in [0.1, 0.15) is 5.75 Å². The molecular formula is C20H34N2O3S. The number of hydrogen-bond donors (Lipinski definition) is 2. The van der Waals surface area contributed by atoms with Crippen molar-refractivity contribution < 1.29 is 13.2 Å². The maximum Gasteiger partial charge on any atom is 0.214 e. The topological polar surface area (TPSA) is 67.4 Å². The summed E-state index contributed by atoms with van der Waals surface area (Å²) in [7, 11) is -3.16. The first kappa shape index (κ1) is 21.0. The van der Waals surface area contributed by atoms with Crippen LogP contribution in [-0.2, 0) is 10.0 Å². The Morgan fingerprint density at radius 2 is 1.92 bits per heavy atom. The van der Waals surface area contributed by atoms with Crippen LogP contribution >= 0.6 is 0 Å². The van der Waals surface area contributed by atoms with Crippen LogP contribution < -0.4 is 14.8 Å². The van der Waals surface area contributed by atoms with E-state index in [1.54, 1.807) is 13.8 Å². The Kier molecular flexibility index (Phi) is 8.22. The lowest BCUT2D eigenvalue weighted by Crippen LogP contribution is -2.41. The van der Waals surface area contributed by atoms with Crippen molar-refractivity contribution >= 4 is 15.7 Å². The standard InChI is InChI=1S/C20H34N2O3S/c1-4-5-13-25-20-8-6-7-19(14-20)21-15-17-9-11-18(12-10-17)22-26(23,24)16(2)3/h6-8,14,16-18,21-22H,4-5,9-13,15H2,1-3H3. The summed E-state index contributed by atoms with van der Waals surface area (Å²) in [6.07, 6.45) is 6.13. The van der Waals surface area contributed by atoms with Crippen LogP contribution in [0.4, 0.5) is 5.69 Å². The molecule has 0 atom stereocenters. The van der Waals surface area contributed by atoms with E-state index < -0.39 is 10.0 Å². The Bertz CT molecular complexity index is 638. The molecule has 0 heterocycles. The van der Waals surface area contributed by atoms with Gasteiger partial charge in [-0.1, -0.05) is 19.4 Å². The Labute approximate surface area is 159 Å². The molecule has 1 aliphatic carbocycles. The van der Waals surface area contributed by atoms with Crippen LogP contribution in [0.15, 0.2) is 24.3 Å². The van der Waals surface area contributed by atoms with Gasteiger partial charge in [-0.15, -0.1) is 0 Å². The fourth-order valence-corrected chi connectivity index (χ4v) is 4.12. The molecule has 1 aromatic rings. The maximum atomic E-state index is 12.0. The molecule has 0 aromatic heterocycles. The average Bonchev–Trinajstić information content (AvgIpc) is 2.61. The van der Waals surface area contributed by atoms with Crippen molar-refractivity contribution in [3.63, 3.8) is 0 Å². The molecule has 26 heavy (non-hydrogen) atoms. The largest absolute Gasteiger partial charge is 0.494 e. The molecule has 148 valence electrons. The lowest BCUT2D eigenvalue weighted by molar-refractivity contribution is 0.309.